The minimum Gasteiger partial charge on any atom is -0.342 e. The highest BCUT2D eigenvalue weighted by atomic mass is 19.4. The Morgan fingerprint density at radius 2 is 1.78 bits per heavy atom. The van der Waals surface area contributed by atoms with Crippen molar-refractivity contribution >= 4 is 22.6 Å². The first-order valence-electron chi connectivity index (χ1n) is 9.96. The van der Waals surface area contributed by atoms with Crippen LogP contribution in [0.25, 0.3) is 11.0 Å². The number of imidazole rings is 1. The van der Waals surface area contributed by atoms with E-state index in [1.165, 1.54) is 28.8 Å². The van der Waals surface area contributed by atoms with Crippen molar-refractivity contribution in [3.8, 4) is 0 Å². The smallest absolute Gasteiger partial charge is 0.342 e. The molecule has 1 saturated heterocycles. The SMILES string of the molecule is O=C(Cc1ccc(C(F)(F)F)cc1)N1CCC(n2c(=O)[nH]c3cccc([N+](=O)[O-])c32)CC1. The summed E-state index contributed by atoms with van der Waals surface area (Å²) in [6.45, 7) is 0.674. The van der Waals surface area contributed by atoms with Crippen molar-refractivity contribution in [3.63, 3.8) is 0 Å². The van der Waals surface area contributed by atoms with Crippen molar-refractivity contribution in [1.82, 2.24) is 14.5 Å². The number of aromatic nitrogens is 2. The van der Waals surface area contributed by atoms with E-state index in [9.17, 15) is 32.9 Å². The van der Waals surface area contributed by atoms with Gasteiger partial charge in [0.15, 0.2) is 0 Å². The van der Waals surface area contributed by atoms with Crippen LogP contribution in [0.2, 0.25) is 0 Å². The highest BCUT2D eigenvalue weighted by molar-refractivity contribution is 5.85. The lowest BCUT2D eigenvalue weighted by Gasteiger charge is -2.32. The van der Waals surface area contributed by atoms with Crippen LogP contribution in [0, 0.1) is 10.1 Å². The van der Waals surface area contributed by atoms with Gasteiger partial charge in [-0.3, -0.25) is 19.5 Å². The quantitative estimate of drug-likeness (QED) is 0.486. The topological polar surface area (TPSA) is 101 Å². The van der Waals surface area contributed by atoms with Gasteiger partial charge in [-0.2, -0.15) is 13.2 Å². The number of alkyl halides is 3. The third kappa shape index (κ3) is 4.10. The number of likely N-dealkylation sites (tertiary alicyclic amines) is 1. The minimum absolute atomic E-state index is 0.0265. The number of benzene rings is 2. The molecular weight excluding hydrogens is 429 g/mol. The van der Waals surface area contributed by atoms with Gasteiger partial charge in [0.25, 0.3) is 5.69 Å². The summed E-state index contributed by atoms with van der Waals surface area (Å²) < 4.78 is 39.4. The Hall–Kier alpha value is -3.63. The van der Waals surface area contributed by atoms with Crippen LogP contribution in [0.3, 0.4) is 0 Å². The summed E-state index contributed by atoms with van der Waals surface area (Å²) in [6.07, 6.45) is -3.60. The van der Waals surface area contributed by atoms with Gasteiger partial charge in [0, 0.05) is 25.2 Å². The molecule has 1 aliphatic rings. The number of carbonyl (C=O) groups is 1. The average Bonchev–Trinajstić information content (AvgIpc) is 3.09. The first-order valence-corrected chi connectivity index (χ1v) is 9.96. The molecule has 8 nitrogen and oxygen atoms in total. The zero-order valence-corrected chi connectivity index (χ0v) is 16.8. The van der Waals surface area contributed by atoms with E-state index in [0.29, 0.717) is 37.0 Å². The van der Waals surface area contributed by atoms with E-state index in [4.69, 9.17) is 0 Å². The number of nitro benzene ring substituents is 1. The number of piperidine rings is 1. The lowest BCUT2D eigenvalue weighted by atomic mass is 10.0. The van der Waals surface area contributed by atoms with Gasteiger partial charge in [-0.15, -0.1) is 0 Å². The first kappa shape index (κ1) is 21.6. The number of hydrogen-bond donors (Lipinski definition) is 1. The van der Waals surface area contributed by atoms with E-state index in [1.807, 2.05) is 0 Å². The van der Waals surface area contributed by atoms with Crippen LogP contribution in [0.15, 0.2) is 47.3 Å². The van der Waals surface area contributed by atoms with Gasteiger partial charge in [0.05, 0.1) is 22.4 Å². The third-order valence-corrected chi connectivity index (χ3v) is 5.73. The number of nitro groups is 1. The molecule has 0 aliphatic carbocycles. The number of amides is 1. The van der Waals surface area contributed by atoms with Gasteiger partial charge in [0.2, 0.25) is 5.91 Å². The predicted octanol–water partition coefficient (Wildman–Crippen LogP) is 3.66. The number of rotatable bonds is 4. The number of H-pyrrole nitrogens is 1. The summed E-state index contributed by atoms with van der Waals surface area (Å²) in [5, 5.41) is 11.4. The molecule has 0 radical (unpaired) electrons. The summed E-state index contributed by atoms with van der Waals surface area (Å²) in [5.41, 5.74) is -0.283. The molecule has 1 amide bonds. The highest BCUT2D eigenvalue weighted by Crippen LogP contribution is 2.31. The Morgan fingerprint density at radius 3 is 2.38 bits per heavy atom. The van der Waals surface area contributed by atoms with Crippen LogP contribution in [-0.4, -0.2) is 38.4 Å². The predicted molar refractivity (Wildman–Crippen MR) is 109 cm³/mol. The molecule has 1 aliphatic heterocycles. The molecule has 11 heteroatoms. The molecule has 2 heterocycles. The van der Waals surface area contributed by atoms with Gasteiger partial charge in [0.1, 0.15) is 5.52 Å². The minimum atomic E-state index is -4.43. The molecule has 0 spiro atoms. The number of non-ortho nitro benzene ring substituents is 1. The number of hydrogen-bond acceptors (Lipinski definition) is 4. The van der Waals surface area contributed by atoms with Gasteiger partial charge in [-0.25, -0.2) is 4.79 Å². The fourth-order valence-electron chi connectivity index (χ4n) is 4.13. The summed E-state index contributed by atoms with van der Waals surface area (Å²) in [4.78, 5) is 40.2. The lowest BCUT2D eigenvalue weighted by Crippen LogP contribution is -2.41. The van der Waals surface area contributed by atoms with Crippen molar-refractivity contribution in [2.45, 2.75) is 31.5 Å². The standard InChI is InChI=1S/C21H19F3N4O4/c22-21(23,24)14-6-4-13(5-7-14)12-18(29)26-10-8-15(9-11-26)27-19-16(25-20(27)30)2-1-3-17(19)28(31)32/h1-7,15H,8-12H2,(H,25,30). The zero-order chi connectivity index (χ0) is 23.0. The van der Waals surface area contributed by atoms with Crippen molar-refractivity contribution in [2.75, 3.05) is 13.1 Å². The molecule has 1 aromatic heterocycles. The van der Waals surface area contributed by atoms with Gasteiger partial charge < -0.3 is 9.88 Å². The van der Waals surface area contributed by atoms with E-state index in [1.54, 1.807) is 11.0 Å². The maximum Gasteiger partial charge on any atom is 0.416 e. The Balaban J connectivity index is 1.46. The molecule has 1 fully saturated rings. The second-order valence-corrected chi connectivity index (χ2v) is 7.71. The first-order chi connectivity index (χ1) is 15.1. The number of fused-ring (bicyclic) bond motifs is 1. The van der Waals surface area contributed by atoms with Crippen molar-refractivity contribution in [3.05, 3.63) is 74.2 Å². The maximum atomic E-state index is 12.7. The number of carbonyl (C=O) groups excluding carboxylic acids is 1. The van der Waals surface area contributed by atoms with Gasteiger partial charge in [-0.05, 0) is 36.6 Å². The van der Waals surface area contributed by atoms with Crippen molar-refractivity contribution in [2.24, 2.45) is 0 Å². The Morgan fingerprint density at radius 1 is 1.12 bits per heavy atom. The van der Waals surface area contributed by atoms with E-state index < -0.39 is 22.4 Å². The molecule has 0 bridgehead atoms. The molecule has 3 aromatic rings. The number of aromatic amines is 1. The molecule has 0 unspecified atom stereocenters. The second-order valence-electron chi connectivity index (χ2n) is 7.71. The van der Waals surface area contributed by atoms with E-state index >= 15 is 0 Å². The molecule has 2 aromatic carbocycles. The Kier molecular flexibility index (Phi) is 5.49. The second kappa shape index (κ2) is 8.13. The monoisotopic (exact) mass is 448 g/mol. The Bertz CT molecular complexity index is 1220. The van der Waals surface area contributed by atoms with Crippen molar-refractivity contribution in [1.29, 1.82) is 0 Å². The number of halogens is 3. The number of nitrogens with zero attached hydrogens (tertiary/aromatic N) is 3. The Labute approximate surface area is 179 Å². The summed E-state index contributed by atoms with van der Waals surface area (Å²) >= 11 is 0. The largest absolute Gasteiger partial charge is 0.416 e. The number of nitrogens with one attached hydrogen (secondary N) is 1. The maximum absolute atomic E-state index is 12.7. The van der Waals surface area contributed by atoms with Crippen molar-refractivity contribution < 1.29 is 22.9 Å². The molecule has 4 rings (SSSR count). The summed E-state index contributed by atoms with van der Waals surface area (Å²) in [5.74, 6) is -0.222. The third-order valence-electron chi connectivity index (χ3n) is 5.73. The van der Waals surface area contributed by atoms with Crippen LogP contribution >= 0.6 is 0 Å². The molecule has 32 heavy (non-hydrogen) atoms. The van der Waals surface area contributed by atoms with Gasteiger partial charge in [-0.1, -0.05) is 18.2 Å². The number of para-hydroxylation sites is 1. The molecule has 168 valence electrons. The normalized spacial score (nSPS) is 15.3. The lowest BCUT2D eigenvalue weighted by molar-refractivity contribution is -0.383. The van der Waals surface area contributed by atoms with E-state index in [2.05, 4.69) is 4.98 Å². The fraction of sp³-hybridized carbons (Fsp3) is 0.333. The molecule has 0 saturated carbocycles. The molecule has 0 atom stereocenters. The van der Waals surface area contributed by atoms with E-state index in [-0.39, 0.29) is 29.6 Å². The summed E-state index contributed by atoms with van der Waals surface area (Å²) in [6, 6.07) is 8.61. The van der Waals surface area contributed by atoms with Crippen LogP contribution < -0.4 is 5.69 Å². The van der Waals surface area contributed by atoms with Crippen LogP contribution in [0.5, 0.6) is 0 Å². The fourth-order valence-corrected chi connectivity index (χ4v) is 4.13. The summed E-state index contributed by atoms with van der Waals surface area (Å²) in [7, 11) is 0. The zero-order valence-electron chi connectivity index (χ0n) is 16.8. The molecule has 1 N–H and O–H groups in total. The van der Waals surface area contributed by atoms with E-state index in [0.717, 1.165) is 12.1 Å². The van der Waals surface area contributed by atoms with Crippen LogP contribution in [0.4, 0.5) is 18.9 Å². The van der Waals surface area contributed by atoms with Crippen LogP contribution in [-0.2, 0) is 17.4 Å². The molecular formula is C21H19F3N4O4. The average molecular weight is 448 g/mol. The highest BCUT2D eigenvalue weighted by Gasteiger charge is 2.31. The van der Waals surface area contributed by atoms with Gasteiger partial charge >= 0.3 is 11.9 Å². The van der Waals surface area contributed by atoms with Crippen LogP contribution in [0.1, 0.15) is 30.0 Å².